The van der Waals surface area contributed by atoms with Crippen LogP contribution < -0.4 is 10.6 Å². The molecule has 2 rings (SSSR count). The summed E-state index contributed by atoms with van der Waals surface area (Å²) < 4.78 is 0. The van der Waals surface area contributed by atoms with Crippen molar-refractivity contribution < 1.29 is 0 Å². The molecule has 0 radical (unpaired) electrons. The maximum Gasteiger partial charge on any atom is 0.0438 e. The van der Waals surface area contributed by atoms with Gasteiger partial charge in [0.15, 0.2) is 0 Å². The highest BCUT2D eigenvalue weighted by Crippen LogP contribution is 2.24. The highest BCUT2D eigenvalue weighted by Gasteiger charge is 2.09. The van der Waals surface area contributed by atoms with Crippen molar-refractivity contribution in [1.29, 1.82) is 0 Å². The maximum absolute atomic E-state index is 5.84. The van der Waals surface area contributed by atoms with Crippen molar-refractivity contribution in [1.82, 2.24) is 0 Å². The first-order valence-corrected chi connectivity index (χ1v) is 6.76. The van der Waals surface area contributed by atoms with Gasteiger partial charge < -0.3 is 10.6 Å². The van der Waals surface area contributed by atoms with Gasteiger partial charge in [-0.25, -0.2) is 0 Å². The normalized spacial score (nSPS) is 10.5. The molecule has 0 atom stereocenters. The fourth-order valence-corrected chi connectivity index (χ4v) is 2.48. The lowest BCUT2D eigenvalue weighted by Crippen LogP contribution is -2.23. The minimum Gasteiger partial charge on any atom is -0.374 e. The second kappa shape index (κ2) is 6.39. The first-order chi connectivity index (χ1) is 9.22. The van der Waals surface area contributed by atoms with Crippen LogP contribution in [0.15, 0.2) is 48.5 Å². The molecule has 0 saturated heterocycles. The molecule has 100 valence electrons. The van der Waals surface area contributed by atoms with Gasteiger partial charge in [-0.2, -0.15) is 0 Å². The van der Waals surface area contributed by atoms with Crippen molar-refractivity contribution in [3.63, 3.8) is 0 Å². The van der Waals surface area contributed by atoms with E-state index in [9.17, 15) is 0 Å². The van der Waals surface area contributed by atoms with Crippen molar-refractivity contribution >= 4 is 5.69 Å². The Kier molecular flexibility index (Phi) is 4.58. The number of nitrogens with two attached hydrogens (primary N) is 1. The van der Waals surface area contributed by atoms with Crippen molar-refractivity contribution in [2.75, 3.05) is 18.5 Å². The van der Waals surface area contributed by atoms with Gasteiger partial charge in [0.1, 0.15) is 0 Å². The summed E-state index contributed by atoms with van der Waals surface area (Å²) in [5, 5.41) is 0. The van der Waals surface area contributed by atoms with Crippen LogP contribution in [0.3, 0.4) is 0 Å². The fourth-order valence-electron chi connectivity index (χ4n) is 2.48. The number of para-hydroxylation sites is 1. The molecule has 2 aromatic carbocycles. The van der Waals surface area contributed by atoms with Gasteiger partial charge in [-0.15, -0.1) is 0 Å². The lowest BCUT2D eigenvalue weighted by molar-refractivity contribution is 0.861. The van der Waals surface area contributed by atoms with E-state index in [2.05, 4.69) is 67.4 Å². The number of likely N-dealkylation sites (N-methyl/N-ethyl adjacent to an activating group) is 1. The predicted octanol–water partition coefficient (Wildman–Crippen LogP) is 3.13. The molecular weight excluding hydrogens is 232 g/mol. The van der Waals surface area contributed by atoms with Gasteiger partial charge in [-0.3, -0.25) is 0 Å². The molecule has 0 heterocycles. The Morgan fingerprint density at radius 3 is 2.42 bits per heavy atom. The van der Waals surface area contributed by atoms with Crippen molar-refractivity contribution in [2.45, 2.75) is 19.9 Å². The van der Waals surface area contributed by atoms with Gasteiger partial charge in [-0.1, -0.05) is 48.5 Å². The van der Waals surface area contributed by atoms with E-state index in [1.165, 1.54) is 22.4 Å². The van der Waals surface area contributed by atoms with Gasteiger partial charge in [0, 0.05) is 25.8 Å². The zero-order valence-electron chi connectivity index (χ0n) is 11.8. The third kappa shape index (κ3) is 3.36. The van der Waals surface area contributed by atoms with E-state index in [-0.39, 0.29) is 0 Å². The van der Waals surface area contributed by atoms with Gasteiger partial charge in [0.2, 0.25) is 0 Å². The molecule has 2 aromatic rings. The fraction of sp³-hybridized carbons (Fsp3) is 0.294. The molecule has 0 unspecified atom stereocenters. The van der Waals surface area contributed by atoms with Crippen LogP contribution in [-0.2, 0) is 13.0 Å². The molecule has 0 amide bonds. The number of aryl methyl sites for hydroxylation is 1. The second-order valence-corrected chi connectivity index (χ2v) is 4.94. The summed E-state index contributed by atoms with van der Waals surface area (Å²) >= 11 is 0. The van der Waals surface area contributed by atoms with Crippen LogP contribution in [0.25, 0.3) is 0 Å². The van der Waals surface area contributed by atoms with E-state index < -0.39 is 0 Å². The highest BCUT2D eigenvalue weighted by molar-refractivity contribution is 5.58. The van der Waals surface area contributed by atoms with Gasteiger partial charge in [0.25, 0.3) is 0 Å². The summed E-state index contributed by atoms with van der Waals surface area (Å²) in [5.74, 6) is 0. The number of hydrogen-bond donors (Lipinski definition) is 1. The third-order valence-corrected chi connectivity index (χ3v) is 3.50. The summed E-state index contributed by atoms with van der Waals surface area (Å²) in [7, 11) is 2.14. The molecule has 0 aliphatic carbocycles. The molecule has 0 bridgehead atoms. The van der Waals surface area contributed by atoms with Crippen LogP contribution in [0.4, 0.5) is 5.69 Å². The first-order valence-electron chi connectivity index (χ1n) is 6.76. The Balaban J connectivity index is 2.10. The average molecular weight is 254 g/mol. The molecule has 0 spiro atoms. The topological polar surface area (TPSA) is 29.3 Å². The van der Waals surface area contributed by atoms with Crippen LogP contribution in [0.2, 0.25) is 0 Å². The first kappa shape index (κ1) is 13.6. The van der Waals surface area contributed by atoms with Crippen LogP contribution in [0.1, 0.15) is 16.7 Å². The highest BCUT2D eigenvalue weighted by atomic mass is 15.1. The van der Waals surface area contributed by atoms with E-state index in [0.29, 0.717) is 6.54 Å². The van der Waals surface area contributed by atoms with E-state index in [1.807, 2.05) is 0 Å². The Morgan fingerprint density at radius 1 is 1.00 bits per heavy atom. The maximum atomic E-state index is 5.84. The molecule has 2 heteroatoms. The number of rotatable bonds is 5. The Labute approximate surface area is 115 Å². The van der Waals surface area contributed by atoms with Crippen LogP contribution >= 0.6 is 0 Å². The molecule has 2 nitrogen and oxygen atoms in total. The van der Waals surface area contributed by atoms with E-state index >= 15 is 0 Å². The molecule has 19 heavy (non-hydrogen) atoms. The van der Waals surface area contributed by atoms with E-state index in [0.717, 1.165) is 13.0 Å². The molecule has 0 saturated carbocycles. The molecule has 0 aromatic heterocycles. The second-order valence-electron chi connectivity index (χ2n) is 4.94. The monoisotopic (exact) mass is 254 g/mol. The van der Waals surface area contributed by atoms with E-state index in [1.54, 1.807) is 0 Å². The van der Waals surface area contributed by atoms with Gasteiger partial charge in [-0.05, 0) is 30.0 Å². The smallest absolute Gasteiger partial charge is 0.0438 e. The number of benzene rings is 2. The number of nitrogens with zero attached hydrogens (tertiary/aromatic N) is 1. The van der Waals surface area contributed by atoms with E-state index in [4.69, 9.17) is 5.73 Å². The van der Waals surface area contributed by atoms with Crippen molar-refractivity contribution in [2.24, 2.45) is 5.73 Å². The van der Waals surface area contributed by atoms with Crippen LogP contribution in [-0.4, -0.2) is 13.6 Å². The van der Waals surface area contributed by atoms with Gasteiger partial charge in [0.05, 0.1) is 0 Å². The van der Waals surface area contributed by atoms with Gasteiger partial charge >= 0.3 is 0 Å². The number of hydrogen-bond acceptors (Lipinski definition) is 2. The largest absolute Gasteiger partial charge is 0.374 e. The lowest BCUT2D eigenvalue weighted by atomic mass is 10.1. The SMILES string of the molecule is Cc1cccc(CN)c1N(C)CCc1ccccc1. The van der Waals surface area contributed by atoms with Crippen molar-refractivity contribution in [3.05, 3.63) is 65.2 Å². The summed E-state index contributed by atoms with van der Waals surface area (Å²) in [6, 6.07) is 16.9. The zero-order chi connectivity index (χ0) is 13.7. The molecule has 0 aliphatic rings. The molecular formula is C17H22N2. The summed E-state index contributed by atoms with van der Waals surface area (Å²) in [5.41, 5.74) is 11.0. The minimum atomic E-state index is 0.590. The third-order valence-electron chi connectivity index (χ3n) is 3.50. The standard InChI is InChI=1S/C17H22N2/c1-14-7-6-10-16(13-18)17(14)19(2)12-11-15-8-4-3-5-9-15/h3-10H,11-13,18H2,1-2H3. The summed E-state index contributed by atoms with van der Waals surface area (Å²) in [6.07, 6.45) is 1.05. The Hall–Kier alpha value is -1.80. The molecule has 2 N–H and O–H groups in total. The predicted molar refractivity (Wildman–Crippen MR) is 82.5 cm³/mol. The average Bonchev–Trinajstić information content (AvgIpc) is 2.45. The van der Waals surface area contributed by atoms with Crippen molar-refractivity contribution in [3.8, 4) is 0 Å². The van der Waals surface area contributed by atoms with Crippen LogP contribution in [0, 0.1) is 6.92 Å². The molecule has 0 aliphatic heterocycles. The summed E-state index contributed by atoms with van der Waals surface area (Å²) in [6.45, 7) is 3.74. The zero-order valence-corrected chi connectivity index (χ0v) is 11.8. The Bertz CT molecular complexity index is 520. The molecule has 0 fully saturated rings. The number of anilines is 1. The quantitative estimate of drug-likeness (QED) is 0.888. The summed E-state index contributed by atoms with van der Waals surface area (Å²) in [4.78, 5) is 2.31. The lowest BCUT2D eigenvalue weighted by Gasteiger charge is -2.24. The minimum absolute atomic E-state index is 0.590. The van der Waals surface area contributed by atoms with Crippen LogP contribution in [0.5, 0.6) is 0 Å². The Morgan fingerprint density at radius 2 is 1.74 bits per heavy atom.